The van der Waals surface area contributed by atoms with E-state index in [2.05, 4.69) is 29.7 Å². The first-order valence-electron chi connectivity index (χ1n) is 7.40. The predicted octanol–water partition coefficient (Wildman–Crippen LogP) is 3.13. The second-order valence-electron chi connectivity index (χ2n) is 6.07. The molecule has 0 spiro atoms. The molecule has 3 rings (SSSR count). The Kier molecular flexibility index (Phi) is 3.67. The summed E-state index contributed by atoms with van der Waals surface area (Å²) in [5, 5.41) is 0. The monoisotopic (exact) mass is 244 g/mol. The van der Waals surface area contributed by atoms with Gasteiger partial charge in [-0.1, -0.05) is 37.1 Å². The molecule has 1 fully saturated rings. The van der Waals surface area contributed by atoms with E-state index < -0.39 is 0 Å². The third kappa shape index (κ3) is 2.76. The van der Waals surface area contributed by atoms with Gasteiger partial charge in [-0.05, 0) is 55.1 Å². The van der Waals surface area contributed by atoms with Crippen molar-refractivity contribution >= 4 is 0 Å². The largest absolute Gasteiger partial charge is 0.271 e. The molecule has 0 aliphatic heterocycles. The highest BCUT2D eigenvalue weighted by Gasteiger charge is 2.28. The highest BCUT2D eigenvalue weighted by molar-refractivity contribution is 5.32. The van der Waals surface area contributed by atoms with Gasteiger partial charge in [0.25, 0.3) is 0 Å². The van der Waals surface area contributed by atoms with Crippen molar-refractivity contribution in [3.8, 4) is 0 Å². The molecule has 1 aromatic carbocycles. The van der Waals surface area contributed by atoms with Gasteiger partial charge in [-0.25, -0.2) is 0 Å². The van der Waals surface area contributed by atoms with Gasteiger partial charge in [-0.3, -0.25) is 11.3 Å². The summed E-state index contributed by atoms with van der Waals surface area (Å²) in [6, 6.07) is 9.48. The van der Waals surface area contributed by atoms with E-state index >= 15 is 0 Å². The van der Waals surface area contributed by atoms with Gasteiger partial charge >= 0.3 is 0 Å². The van der Waals surface area contributed by atoms with Crippen LogP contribution < -0.4 is 11.3 Å². The van der Waals surface area contributed by atoms with Gasteiger partial charge in [0.15, 0.2) is 0 Å². The van der Waals surface area contributed by atoms with Crippen LogP contribution in [0.1, 0.15) is 55.6 Å². The van der Waals surface area contributed by atoms with Crippen LogP contribution in [0.5, 0.6) is 0 Å². The fraction of sp³-hybridized carbons (Fsp3) is 0.625. The quantitative estimate of drug-likeness (QED) is 0.617. The Labute approximate surface area is 110 Å². The van der Waals surface area contributed by atoms with E-state index in [1.807, 2.05) is 0 Å². The minimum Gasteiger partial charge on any atom is -0.271 e. The number of hydrazine groups is 1. The van der Waals surface area contributed by atoms with E-state index in [1.165, 1.54) is 44.9 Å². The summed E-state index contributed by atoms with van der Waals surface area (Å²) in [4.78, 5) is 0. The lowest BCUT2D eigenvalue weighted by atomic mass is 9.79. The molecule has 2 nitrogen and oxygen atoms in total. The fourth-order valence-corrected chi connectivity index (χ4v) is 3.43. The van der Waals surface area contributed by atoms with Crippen LogP contribution in [0.15, 0.2) is 24.3 Å². The van der Waals surface area contributed by atoms with Crippen molar-refractivity contribution in [2.24, 2.45) is 11.8 Å². The Hall–Kier alpha value is -0.860. The molecule has 0 saturated heterocycles. The van der Waals surface area contributed by atoms with Crippen LogP contribution in [0.25, 0.3) is 0 Å². The van der Waals surface area contributed by atoms with Crippen LogP contribution in [0.3, 0.4) is 0 Å². The second-order valence-corrected chi connectivity index (χ2v) is 6.07. The molecule has 3 N–H and O–H groups in total. The molecule has 2 aliphatic carbocycles. The van der Waals surface area contributed by atoms with Crippen LogP contribution in [-0.2, 0) is 6.42 Å². The highest BCUT2D eigenvalue weighted by Crippen LogP contribution is 2.38. The number of hydrogen-bond donors (Lipinski definition) is 2. The molecule has 2 unspecified atom stereocenters. The number of nitrogens with one attached hydrogen (secondary N) is 1. The summed E-state index contributed by atoms with van der Waals surface area (Å²) in [6.07, 6.45) is 9.25. The molecular weight excluding hydrogens is 220 g/mol. The lowest BCUT2D eigenvalue weighted by Crippen LogP contribution is -2.37. The Morgan fingerprint density at radius 3 is 2.78 bits per heavy atom. The normalized spacial score (nSPS) is 24.6. The fourth-order valence-electron chi connectivity index (χ4n) is 3.43. The summed E-state index contributed by atoms with van der Waals surface area (Å²) in [5.41, 5.74) is 6.20. The van der Waals surface area contributed by atoms with Crippen LogP contribution in [0, 0.1) is 5.92 Å². The summed E-state index contributed by atoms with van der Waals surface area (Å²) >= 11 is 0. The molecule has 0 heterocycles. The molecule has 1 saturated carbocycles. The third-order valence-corrected chi connectivity index (χ3v) is 4.61. The zero-order valence-electron chi connectivity index (χ0n) is 11.1. The molecule has 18 heavy (non-hydrogen) atoms. The maximum Gasteiger partial charge on any atom is 0.0219 e. The Bertz CT molecular complexity index is 398. The highest BCUT2D eigenvalue weighted by atomic mass is 15.2. The maximum absolute atomic E-state index is 5.74. The van der Waals surface area contributed by atoms with Crippen molar-refractivity contribution in [3.63, 3.8) is 0 Å². The minimum atomic E-state index is 0.508. The van der Waals surface area contributed by atoms with Crippen molar-refractivity contribution in [3.05, 3.63) is 35.4 Å². The molecule has 0 bridgehead atoms. The lowest BCUT2D eigenvalue weighted by Gasteiger charge is -2.28. The van der Waals surface area contributed by atoms with Gasteiger partial charge < -0.3 is 0 Å². The SMILES string of the molecule is NNC(CC1CC1)CC1CCCc2ccccc21. The van der Waals surface area contributed by atoms with Gasteiger partial charge in [-0.2, -0.15) is 0 Å². The molecule has 0 aromatic heterocycles. The first-order chi connectivity index (χ1) is 8.86. The third-order valence-electron chi connectivity index (χ3n) is 4.61. The van der Waals surface area contributed by atoms with E-state index in [1.54, 1.807) is 11.1 Å². The van der Waals surface area contributed by atoms with Crippen molar-refractivity contribution in [2.75, 3.05) is 0 Å². The molecule has 2 atom stereocenters. The standard InChI is InChI=1S/C16H24N2/c17-18-15(10-12-8-9-12)11-14-6-3-5-13-4-1-2-7-16(13)14/h1-2,4,7,12,14-15,18H,3,5-6,8-11,17H2. The van der Waals surface area contributed by atoms with Crippen LogP contribution in [0.2, 0.25) is 0 Å². The van der Waals surface area contributed by atoms with E-state index in [0.29, 0.717) is 6.04 Å². The average Bonchev–Trinajstić information content (AvgIpc) is 3.22. The molecule has 98 valence electrons. The zero-order valence-corrected chi connectivity index (χ0v) is 11.1. The molecule has 2 aliphatic rings. The number of benzene rings is 1. The molecule has 1 aromatic rings. The van der Waals surface area contributed by atoms with Crippen molar-refractivity contribution < 1.29 is 0 Å². The van der Waals surface area contributed by atoms with Crippen molar-refractivity contribution in [1.29, 1.82) is 0 Å². The van der Waals surface area contributed by atoms with Crippen LogP contribution in [-0.4, -0.2) is 6.04 Å². The Morgan fingerprint density at radius 2 is 2.00 bits per heavy atom. The summed E-state index contributed by atoms with van der Waals surface area (Å²) in [5.74, 6) is 7.40. The average molecular weight is 244 g/mol. The summed E-state index contributed by atoms with van der Waals surface area (Å²) in [6.45, 7) is 0. The number of nitrogens with two attached hydrogens (primary N) is 1. The molecular formula is C16H24N2. The number of hydrogen-bond acceptors (Lipinski definition) is 2. The summed E-state index contributed by atoms with van der Waals surface area (Å²) < 4.78 is 0. The van der Waals surface area contributed by atoms with Gasteiger partial charge in [0, 0.05) is 6.04 Å². The van der Waals surface area contributed by atoms with E-state index in [4.69, 9.17) is 5.84 Å². The second kappa shape index (κ2) is 5.41. The molecule has 2 heteroatoms. The van der Waals surface area contributed by atoms with Gasteiger partial charge in [0.1, 0.15) is 0 Å². The van der Waals surface area contributed by atoms with Crippen LogP contribution in [0.4, 0.5) is 0 Å². The van der Waals surface area contributed by atoms with Gasteiger partial charge in [-0.15, -0.1) is 0 Å². The first kappa shape index (κ1) is 12.2. The molecule has 0 radical (unpaired) electrons. The lowest BCUT2D eigenvalue weighted by molar-refractivity contribution is 0.385. The number of rotatable bonds is 5. The smallest absolute Gasteiger partial charge is 0.0219 e. The maximum atomic E-state index is 5.74. The topological polar surface area (TPSA) is 38.0 Å². The Balaban J connectivity index is 1.68. The Morgan fingerprint density at radius 1 is 1.17 bits per heavy atom. The molecule has 0 amide bonds. The van der Waals surface area contributed by atoms with Gasteiger partial charge in [0.2, 0.25) is 0 Å². The predicted molar refractivity (Wildman–Crippen MR) is 75.2 cm³/mol. The van der Waals surface area contributed by atoms with Crippen molar-refractivity contribution in [2.45, 2.75) is 56.9 Å². The van der Waals surface area contributed by atoms with E-state index in [9.17, 15) is 0 Å². The minimum absolute atomic E-state index is 0.508. The van der Waals surface area contributed by atoms with Crippen molar-refractivity contribution in [1.82, 2.24) is 5.43 Å². The zero-order chi connectivity index (χ0) is 12.4. The van der Waals surface area contributed by atoms with Gasteiger partial charge in [0.05, 0.1) is 0 Å². The van der Waals surface area contributed by atoms with E-state index in [-0.39, 0.29) is 0 Å². The van der Waals surface area contributed by atoms with Crippen LogP contribution >= 0.6 is 0 Å². The summed E-state index contributed by atoms with van der Waals surface area (Å²) in [7, 11) is 0. The first-order valence-corrected chi connectivity index (χ1v) is 7.40. The number of aryl methyl sites for hydroxylation is 1. The van der Waals surface area contributed by atoms with E-state index in [0.717, 1.165) is 11.8 Å². The number of fused-ring (bicyclic) bond motifs is 1.